The molecule has 1 atom stereocenters. The van der Waals surface area contributed by atoms with Crippen molar-refractivity contribution in [2.45, 2.75) is 24.8 Å². The van der Waals surface area contributed by atoms with E-state index in [1.54, 1.807) is 36.6 Å². The van der Waals surface area contributed by atoms with Crippen LogP contribution in [-0.2, 0) is 10.0 Å². The summed E-state index contributed by atoms with van der Waals surface area (Å²) in [5.41, 5.74) is 7.37. The van der Waals surface area contributed by atoms with Crippen LogP contribution in [0.1, 0.15) is 24.2 Å². The molecule has 3 N–H and O–H groups in total. The van der Waals surface area contributed by atoms with Crippen LogP contribution >= 0.6 is 11.3 Å². The first-order valence-electron chi connectivity index (χ1n) is 5.69. The third-order valence-corrected chi connectivity index (χ3v) is 4.80. The van der Waals surface area contributed by atoms with E-state index in [-0.39, 0.29) is 10.9 Å². The van der Waals surface area contributed by atoms with Gasteiger partial charge in [0.1, 0.15) is 0 Å². The minimum atomic E-state index is -3.59. The Morgan fingerprint density at radius 2 is 1.95 bits per heavy atom. The van der Waals surface area contributed by atoms with Gasteiger partial charge in [0, 0.05) is 11.4 Å². The van der Waals surface area contributed by atoms with Gasteiger partial charge in [-0.15, -0.1) is 11.3 Å². The number of benzene rings is 1. The van der Waals surface area contributed by atoms with Crippen molar-refractivity contribution < 1.29 is 8.42 Å². The Bertz CT molecular complexity index is 661. The molecule has 19 heavy (non-hydrogen) atoms. The molecule has 2 aromatic rings. The number of thiazole rings is 1. The molecule has 1 aromatic heterocycles. The lowest BCUT2D eigenvalue weighted by Gasteiger charge is -2.05. The number of aryl methyl sites for hydroxylation is 1. The van der Waals surface area contributed by atoms with Gasteiger partial charge in [0.25, 0.3) is 10.0 Å². The van der Waals surface area contributed by atoms with Crippen molar-refractivity contribution in [3.63, 3.8) is 0 Å². The van der Waals surface area contributed by atoms with E-state index in [4.69, 9.17) is 5.73 Å². The van der Waals surface area contributed by atoms with Crippen molar-refractivity contribution in [1.29, 1.82) is 0 Å². The number of anilines is 1. The minimum absolute atomic E-state index is 0.214. The molecule has 2 rings (SSSR count). The Kier molecular flexibility index (Phi) is 3.88. The Hall–Kier alpha value is -1.44. The Morgan fingerprint density at radius 3 is 2.47 bits per heavy atom. The third-order valence-electron chi connectivity index (χ3n) is 2.54. The topological polar surface area (TPSA) is 85.1 Å². The molecule has 0 spiro atoms. The molecule has 0 aliphatic rings. The van der Waals surface area contributed by atoms with Crippen LogP contribution in [0.5, 0.6) is 0 Å². The van der Waals surface area contributed by atoms with E-state index in [1.165, 1.54) is 11.3 Å². The highest BCUT2D eigenvalue weighted by atomic mass is 32.2. The average molecular weight is 297 g/mol. The van der Waals surface area contributed by atoms with Crippen LogP contribution in [-0.4, -0.2) is 13.4 Å². The zero-order valence-electron chi connectivity index (χ0n) is 10.6. The van der Waals surface area contributed by atoms with Gasteiger partial charge in [-0.25, -0.2) is 13.4 Å². The van der Waals surface area contributed by atoms with Gasteiger partial charge in [-0.2, -0.15) is 0 Å². The fourth-order valence-corrected chi connectivity index (χ4v) is 3.50. The summed E-state index contributed by atoms with van der Waals surface area (Å²) >= 11 is 1.22. The summed E-state index contributed by atoms with van der Waals surface area (Å²) in [6, 6.07) is 6.43. The van der Waals surface area contributed by atoms with E-state index in [1.807, 2.05) is 6.92 Å². The molecule has 0 aliphatic carbocycles. The number of hydrogen-bond donors (Lipinski definition) is 2. The second-order valence-electron chi connectivity index (χ2n) is 4.28. The number of nitrogens with one attached hydrogen (secondary N) is 1. The molecule has 7 heteroatoms. The first kappa shape index (κ1) is 14.0. The van der Waals surface area contributed by atoms with E-state index < -0.39 is 10.0 Å². The highest BCUT2D eigenvalue weighted by Gasteiger charge is 2.16. The Morgan fingerprint density at radius 1 is 1.32 bits per heavy atom. The molecular weight excluding hydrogens is 282 g/mol. The molecule has 0 radical (unpaired) electrons. The van der Waals surface area contributed by atoms with Crippen LogP contribution in [0.2, 0.25) is 0 Å². The second kappa shape index (κ2) is 5.28. The van der Waals surface area contributed by atoms with Gasteiger partial charge < -0.3 is 5.73 Å². The van der Waals surface area contributed by atoms with Crippen molar-refractivity contribution in [1.82, 2.24) is 4.98 Å². The van der Waals surface area contributed by atoms with Crippen molar-refractivity contribution >= 4 is 26.5 Å². The molecule has 1 unspecified atom stereocenters. The number of nitrogens with zero attached hydrogens (tertiary/aromatic N) is 1. The van der Waals surface area contributed by atoms with Gasteiger partial charge >= 0.3 is 0 Å². The Labute approximate surface area is 116 Å². The maximum absolute atomic E-state index is 12.1. The number of sulfonamides is 1. The quantitative estimate of drug-likeness (QED) is 0.906. The van der Waals surface area contributed by atoms with E-state index in [9.17, 15) is 8.42 Å². The maximum atomic E-state index is 12.1. The molecule has 1 heterocycles. The smallest absolute Gasteiger partial charge is 0.263 e. The highest BCUT2D eigenvalue weighted by Crippen LogP contribution is 2.22. The molecule has 0 bridgehead atoms. The number of nitrogens with two attached hydrogens (primary N) is 1. The van der Waals surface area contributed by atoms with Crippen LogP contribution in [0, 0.1) is 6.92 Å². The van der Waals surface area contributed by atoms with E-state index in [2.05, 4.69) is 9.71 Å². The standard InChI is InChI=1S/C12H15N3O2S2/c1-8-3-5-10(6-4-8)19(16,17)15-12-14-11(7-18-12)9(2)13/h3-7,9H,13H2,1-2H3,(H,14,15). The molecular formula is C12H15N3O2S2. The van der Waals surface area contributed by atoms with Gasteiger partial charge in [0.15, 0.2) is 5.13 Å². The number of hydrogen-bond acceptors (Lipinski definition) is 5. The highest BCUT2D eigenvalue weighted by molar-refractivity contribution is 7.93. The molecule has 0 amide bonds. The molecule has 0 saturated carbocycles. The third kappa shape index (κ3) is 3.31. The fraction of sp³-hybridized carbons (Fsp3) is 0.250. The molecule has 0 fully saturated rings. The lowest BCUT2D eigenvalue weighted by molar-refractivity contribution is 0.601. The van der Waals surface area contributed by atoms with Crippen LogP contribution in [0.25, 0.3) is 0 Å². The van der Waals surface area contributed by atoms with Crippen LogP contribution in [0.4, 0.5) is 5.13 Å². The maximum Gasteiger partial charge on any atom is 0.263 e. The summed E-state index contributed by atoms with van der Waals surface area (Å²) in [7, 11) is -3.59. The zero-order valence-corrected chi connectivity index (χ0v) is 12.3. The van der Waals surface area contributed by atoms with Crippen LogP contribution in [0.3, 0.4) is 0 Å². The lowest BCUT2D eigenvalue weighted by Crippen LogP contribution is -2.13. The fourth-order valence-electron chi connectivity index (χ4n) is 1.43. The molecule has 5 nitrogen and oxygen atoms in total. The SMILES string of the molecule is Cc1ccc(S(=O)(=O)Nc2nc(C(C)N)cs2)cc1. The normalized spacial score (nSPS) is 13.2. The van der Waals surface area contributed by atoms with Crippen molar-refractivity contribution in [2.24, 2.45) is 5.73 Å². The largest absolute Gasteiger partial charge is 0.323 e. The van der Waals surface area contributed by atoms with E-state index in [0.717, 1.165) is 5.56 Å². The van der Waals surface area contributed by atoms with E-state index >= 15 is 0 Å². The van der Waals surface area contributed by atoms with Crippen LogP contribution in [0.15, 0.2) is 34.5 Å². The van der Waals surface area contributed by atoms with Gasteiger partial charge in [0.05, 0.1) is 10.6 Å². The second-order valence-corrected chi connectivity index (χ2v) is 6.83. The molecule has 0 saturated heterocycles. The average Bonchev–Trinajstić information content (AvgIpc) is 2.77. The van der Waals surface area contributed by atoms with Gasteiger partial charge in [-0.3, -0.25) is 4.72 Å². The minimum Gasteiger partial charge on any atom is -0.323 e. The summed E-state index contributed by atoms with van der Waals surface area (Å²) in [5.74, 6) is 0. The predicted molar refractivity (Wildman–Crippen MR) is 76.7 cm³/mol. The summed E-state index contributed by atoms with van der Waals surface area (Å²) in [6.07, 6.45) is 0. The van der Waals surface area contributed by atoms with Crippen molar-refractivity contribution in [3.8, 4) is 0 Å². The van der Waals surface area contributed by atoms with Crippen molar-refractivity contribution in [3.05, 3.63) is 40.9 Å². The summed E-state index contributed by atoms with van der Waals surface area (Å²) in [5, 5.41) is 2.07. The monoisotopic (exact) mass is 297 g/mol. The molecule has 1 aromatic carbocycles. The van der Waals surface area contributed by atoms with Gasteiger partial charge in [-0.05, 0) is 26.0 Å². The van der Waals surface area contributed by atoms with Gasteiger partial charge in [0.2, 0.25) is 0 Å². The Balaban J connectivity index is 2.23. The van der Waals surface area contributed by atoms with Crippen molar-refractivity contribution in [2.75, 3.05) is 4.72 Å². The lowest BCUT2D eigenvalue weighted by atomic mass is 10.2. The summed E-state index contributed by atoms with van der Waals surface area (Å²) < 4.78 is 26.7. The molecule has 102 valence electrons. The number of aromatic nitrogens is 1. The van der Waals surface area contributed by atoms with Crippen LogP contribution < -0.4 is 10.5 Å². The summed E-state index contributed by atoms with van der Waals surface area (Å²) in [6.45, 7) is 3.70. The van der Waals surface area contributed by atoms with E-state index in [0.29, 0.717) is 10.8 Å². The predicted octanol–water partition coefficient (Wildman–Crippen LogP) is 2.27. The summed E-state index contributed by atoms with van der Waals surface area (Å²) in [4.78, 5) is 4.36. The molecule has 0 aliphatic heterocycles. The number of rotatable bonds is 4. The first-order chi connectivity index (χ1) is 8.88. The van der Waals surface area contributed by atoms with Gasteiger partial charge in [-0.1, -0.05) is 17.7 Å². The zero-order chi connectivity index (χ0) is 14.0. The first-order valence-corrected chi connectivity index (χ1v) is 8.05.